The molecule has 9 nitrogen and oxygen atoms in total. The average molecular weight is 512 g/mol. The number of furan rings is 1. The Labute approximate surface area is 220 Å². The Morgan fingerprint density at radius 1 is 1.11 bits per heavy atom. The molecule has 1 saturated heterocycles. The summed E-state index contributed by atoms with van der Waals surface area (Å²) in [7, 11) is 1.59. The summed E-state index contributed by atoms with van der Waals surface area (Å²) in [4.78, 5) is 30.9. The number of aromatic nitrogens is 1. The van der Waals surface area contributed by atoms with Crippen LogP contribution in [0.4, 0.5) is 5.82 Å². The van der Waals surface area contributed by atoms with E-state index in [2.05, 4.69) is 15.6 Å². The zero-order valence-corrected chi connectivity index (χ0v) is 21.1. The quantitative estimate of drug-likeness (QED) is 0.325. The van der Waals surface area contributed by atoms with Crippen molar-refractivity contribution in [3.8, 4) is 16.9 Å². The summed E-state index contributed by atoms with van der Waals surface area (Å²) in [5, 5.41) is 6.94. The monoisotopic (exact) mass is 511 g/mol. The van der Waals surface area contributed by atoms with Crippen LogP contribution in [0.1, 0.15) is 21.7 Å². The molecule has 4 aromatic rings. The maximum absolute atomic E-state index is 12.8. The topological polar surface area (TPSA) is 123 Å². The smallest absolute Gasteiger partial charge is 0.253 e. The van der Waals surface area contributed by atoms with E-state index in [1.165, 1.54) is 6.08 Å². The normalized spacial score (nSPS) is 13.7. The Morgan fingerprint density at radius 2 is 1.89 bits per heavy atom. The van der Waals surface area contributed by atoms with Gasteiger partial charge in [-0.05, 0) is 65.2 Å². The number of carbonyl (C=O) groups excluding carboxylic acids is 2. The Morgan fingerprint density at radius 3 is 2.61 bits per heavy atom. The Bertz CT molecular complexity index is 1470. The number of pyridine rings is 1. The highest BCUT2D eigenvalue weighted by atomic mass is 16.5. The highest BCUT2D eigenvalue weighted by molar-refractivity contribution is 5.95. The van der Waals surface area contributed by atoms with Crippen molar-refractivity contribution in [3.05, 3.63) is 83.8 Å². The summed E-state index contributed by atoms with van der Waals surface area (Å²) in [5.41, 5.74) is 9.53. The summed E-state index contributed by atoms with van der Waals surface area (Å²) >= 11 is 0. The van der Waals surface area contributed by atoms with Gasteiger partial charge in [0.05, 0.1) is 13.7 Å². The summed E-state index contributed by atoms with van der Waals surface area (Å²) in [6, 6.07) is 16.9. The lowest BCUT2D eigenvalue weighted by atomic mass is 10.0. The molecule has 0 saturated carbocycles. The molecule has 1 fully saturated rings. The second-order valence-corrected chi connectivity index (χ2v) is 9.00. The number of nitrogens with two attached hydrogens (primary N) is 1. The molecular weight excluding hydrogens is 482 g/mol. The molecule has 2 aromatic carbocycles. The minimum absolute atomic E-state index is 0.0487. The Hall–Kier alpha value is -4.63. The molecular formula is C29H29N5O4. The molecule has 0 spiro atoms. The molecule has 1 aliphatic heterocycles. The first kappa shape index (κ1) is 25.0. The summed E-state index contributed by atoms with van der Waals surface area (Å²) < 4.78 is 11.6. The van der Waals surface area contributed by atoms with Crippen molar-refractivity contribution >= 4 is 34.7 Å². The van der Waals surface area contributed by atoms with Crippen LogP contribution in [-0.2, 0) is 11.3 Å². The van der Waals surface area contributed by atoms with Gasteiger partial charge >= 0.3 is 0 Å². The SMILES string of the molecule is COc1cc(-c2ccc(C(=O)N3CCNCC3)cc2)cc2cc(CNC(=O)C=Cc3ccc(N)nc3)oc12. The van der Waals surface area contributed by atoms with E-state index in [1.54, 1.807) is 31.5 Å². The van der Waals surface area contributed by atoms with Crippen molar-refractivity contribution in [1.82, 2.24) is 20.5 Å². The number of methoxy groups -OCH3 is 1. The number of carbonyl (C=O) groups is 2. The lowest BCUT2D eigenvalue weighted by Crippen LogP contribution is -2.46. The van der Waals surface area contributed by atoms with Crippen molar-refractivity contribution < 1.29 is 18.7 Å². The van der Waals surface area contributed by atoms with E-state index in [9.17, 15) is 9.59 Å². The first-order valence-electron chi connectivity index (χ1n) is 12.4. The van der Waals surface area contributed by atoms with Gasteiger partial charge in [-0.15, -0.1) is 0 Å². The van der Waals surface area contributed by atoms with Crippen LogP contribution in [-0.4, -0.2) is 55.0 Å². The fraction of sp³-hybridized carbons (Fsp3) is 0.207. The van der Waals surface area contributed by atoms with Gasteiger partial charge in [0.1, 0.15) is 11.6 Å². The lowest BCUT2D eigenvalue weighted by molar-refractivity contribution is -0.116. The van der Waals surface area contributed by atoms with Crippen LogP contribution in [0.25, 0.3) is 28.2 Å². The van der Waals surface area contributed by atoms with Crippen molar-refractivity contribution in [2.45, 2.75) is 6.54 Å². The molecule has 0 bridgehead atoms. The van der Waals surface area contributed by atoms with Crippen LogP contribution in [0.15, 0.2) is 71.3 Å². The fourth-order valence-electron chi connectivity index (χ4n) is 4.36. The Kier molecular flexibility index (Phi) is 7.37. The van der Waals surface area contributed by atoms with Gasteiger partial charge < -0.3 is 30.4 Å². The van der Waals surface area contributed by atoms with Crippen LogP contribution in [0.5, 0.6) is 5.75 Å². The number of nitrogens with one attached hydrogen (secondary N) is 2. The van der Waals surface area contributed by atoms with Gasteiger partial charge in [0.25, 0.3) is 5.91 Å². The van der Waals surface area contributed by atoms with E-state index in [4.69, 9.17) is 14.9 Å². The minimum atomic E-state index is -0.259. The maximum atomic E-state index is 12.8. The summed E-state index contributed by atoms with van der Waals surface area (Å²) in [5.74, 6) is 1.40. The van der Waals surface area contributed by atoms with Crippen LogP contribution in [0.3, 0.4) is 0 Å². The molecule has 2 amide bonds. The van der Waals surface area contributed by atoms with Crippen molar-refractivity contribution in [3.63, 3.8) is 0 Å². The number of piperazine rings is 1. The fourth-order valence-corrected chi connectivity index (χ4v) is 4.36. The molecule has 9 heteroatoms. The lowest BCUT2D eigenvalue weighted by Gasteiger charge is -2.27. The highest BCUT2D eigenvalue weighted by Crippen LogP contribution is 2.34. The molecule has 5 rings (SSSR count). The maximum Gasteiger partial charge on any atom is 0.253 e. The van der Waals surface area contributed by atoms with Gasteiger partial charge in [0.15, 0.2) is 11.3 Å². The zero-order chi connectivity index (χ0) is 26.5. The van der Waals surface area contributed by atoms with Crippen molar-refractivity contribution in [1.29, 1.82) is 0 Å². The first-order chi connectivity index (χ1) is 18.5. The Balaban J connectivity index is 1.29. The molecule has 0 aliphatic carbocycles. The zero-order valence-electron chi connectivity index (χ0n) is 21.1. The molecule has 2 aromatic heterocycles. The predicted molar refractivity (Wildman–Crippen MR) is 147 cm³/mol. The van der Waals surface area contributed by atoms with E-state index in [-0.39, 0.29) is 18.4 Å². The highest BCUT2D eigenvalue weighted by Gasteiger charge is 2.18. The third kappa shape index (κ3) is 5.68. The summed E-state index contributed by atoms with van der Waals surface area (Å²) in [6.45, 7) is 3.29. The number of anilines is 1. The molecule has 0 unspecified atom stereocenters. The first-order valence-corrected chi connectivity index (χ1v) is 12.4. The largest absolute Gasteiger partial charge is 0.493 e. The number of nitrogen functional groups attached to an aromatic ring is 1. The number of fused-ring (bicyclic) bond motifs is 1. The van der Waals surface area contributed by atoms with Gasteiger partial charge in [0.2, 0.25) is 5.91 Å². The third-order valence-electron chi connectivity index (χ3n) is 6.40. The number of ether oxygens (including phenoxy) is 1. The molecule has 0 radical (unpaired) electrons. The van der Waals surface area contributed by atoms with E-state index >= 15 is 0 Å². The van der Waals surface area contributed by atoms with Crippen molar-refractivity contribution in [2.75, 3.05) is 39.0 Å². The van der Waals surface area contributed by atoms with E-state index in [0.29, 0.717) is 41.6 Å². The van der Waals surface area contributed by atoms with Gasteiger partial charge in [-0.2, -0.15) is 0 Å². The van der Waals surface area contributed by atoms with Crippen LogP contribution in [0, 0.1) is 0 Å². The molecule has 4 N–H and O–H groups in total. The van der Waals surface area contributed by atoms with E-state index < -0.39 is 0 Å². The number of amides is 2. The number of hydrogen-bond donors (Lipinski definition) is 3. The van der Waals surface area contributed by atoms with Gasteiger partial charge in [-0.1, -0.05) is 12.1 Å². The van der Waals surface area contributed by atoms with E-state index in [0.717, 1.165) is 35.2 Å². The standard InChI is InChI=1S/C29H29N5O4/c1-37-25-16-22(20-4-6-21(7-5-20)29(36)34-12-10-31-11-13-34)14-23-15-24(38-28(23)25)18-33-27(35)9-3-19-2-8-26(30)32-17-19/h2-9,14-17,31H,10-13,18H2,1H3,(H2,30,32)(H,33,35). The average Bonchev–Trinajstić information content (AvgIpc) is 3.38. The molecule has 1 aliphatic rings. The van der Waals surface area contributed by atoms with Gasteiger partial charge in [0, 0.05) is 49.4 Å². The van der Waals surface area contributed by atoms with Gasteiger partial charge in [-0.25, -0.2) is 4.98 Å². The minimum Gasteiger partial charge on any atom is -0.493 e. The van der Waals surface area contributed by atoms with Crippen molar-refractivity contribution in [2.24, 2.45) is 0 Å². The number of benzene rings is 2. The number of hydrogen-bond acceptors (Lipinski definition) is 7. The van der Waals surface area contributed by atoms with E-state index in [1.807, 2.05) is 47.4 Å². The number of rotatable bonds is 7. The predicted octanol–water partition coefficient (Wildman–Crippen LogP) is 3.46. The molecule has 3 heterocycles. The third-order valence-corrected chi connectivity index (χ3v) is 6.40. The summed E-state index contributed by atoms with van der Waals surface area (Å²) in [6.07, 6.45) is 4.70. The van der Waals surface area contributed by atoms with Crippen LogP contribution < -0.4 is 21.1 Å². The van der Waals surface area contributed by atoms with Gasteiger partial charge in [-0.3, -0.25) is 9.59 Å². The van der Waals surface area contributed by atoms with Crippen LogP contribution >= 0.6 is 0 Å². The number of nitrogens with zero attached hydrogens (tertiary/aromatic N) is 2. The molecule has 194 valence electrons. The second kappa shape index (κ2) is 11.2. The van der Waals surface area contributed by atoms with Crippen LogP contribution in [0.2, 0.25) is 0 Å². The second-order valence-electron chi connectivity index (χ2n) is 9.00. The molecule has 0 atom stereocenters. The molecule has 38 heavy (non-hydrogen) atoms.